The van der Waals surface area contributed by atoms with Crippen LogP contribution in [0, 0.1) is 6.92 Å². The van der Waals surface area contributed by atoms with E-state index in [9.17, 15) is 9.90 Å². The van der Waals surface area contributed by atoms with Crippen molar-refractivity contribution in [1.29, 1.82) is 0 Å². The number of nitrogens with zero attached hydrogens (tertiary/aromatic N) is 2. The van der Waals surface area contributed by atoms with E-state index in [0.29, 0.717) is 23.8 Å². The van der Waals surface area contributed by atoms with Crippen LogP contribution >= 0.6 is 0 Å². The average molecular weight is 281 g/mol. The first-order valence-corrected chi connectivity index (χ1v) is 6.60. The summed E-state index contributed by atoms with van der Waals surface area (Å²) in [5, 5.41) is 13.2. The summed E-state index contributed by atoms with van der Waals surface area (Å²) in [5.41, 5.74) is -0.694. The maximum absolute atomic E-state index is 11.7. The summed E-state index contributed by atoms with van der Waals surface area (Å²) in [7, 11) is 0. The molecule has 20 heavy (non-hydrogen) atoms. The van der Waals surface area contributed by atoms with Gasteiger partial charge in [0, 0.05) is 6.20 Å². The predicted octanol–water partition coefficient (Wildman–Crippen LogP) is 1.92. The van der Waals surface area contributed by atoms with Crippen LogP contribution in [0.5, 0.6) is 0 Å². The molecule has 0 unspecified atom stereocenters. The number of carbonyl (C=O) groups excluding carboxylic acids is 1. The number of aryl methyl sites for hydroxylation is 1. The van der Waals surface area contributed by atoms with Crippen molar-refractivity contribution in [2.45, 2.75) is 52.7 Å². The lowest BCUT2D eigenvalue weighted by atomic mass is 9.86. The normalized spacial score (nSPS) is 12.2. The van der Waals surface area contributed by atoms with Crippen molar-refractivity contribution in [3.8, 4) is 0 Å². The van der Waals surface area contributed by atoms with Crippen molar-refractivity contribution in [2.24, 2.45) is 0 Å². The van der Waals surface area contributed by atoms with Gasteiger partial charge in [-0.2, -0.15) is 0 Å². The Hall–Kier alpha value is -1.69. The molecule has 0 fully saturated rings. The van der Waals surface area contributed by atoms with E-state index in [1.54, 1.807) is 27.7 Å². The van der Waals surface area contributed by atoms with Crippen LogP contribution in [-0.4, -0.2) is 38.8 Å². The molecule has 0 aliphatic heterocycles. The van der Waals surface area contributed by atoms with E-state index < -0.39 is 17.1 Å². The van der Waals surface area contributed by atoms with Crippen molar-refractivity contribution in [2.75, 3.05) is 11.9 Å². The number of hydrogen-bond donors (Lipinski definition) is 2. The van der Waals surface area contributed by atoms with Crippen LogP contribution in [-0.2, 0) is 4.74 Å². The molecule has 0 spiro atoms. The molecule has 1 heterocycles. The highest BCUT2D eigenvalue weighted by molar-refractivity contribution is 5.90. The molecular weight excluding hydrogens is 258 g/mol. The molecule has 0 saturated heterocycles. The quantitative estimate of drug-likeness (QED) is 0.802. The minimum absolute atomic E-state index is 0.310. The summed E-state index contributed by atoms with van der Waals surface area (Å²) in [5.74, 6) is -0.0685. The smallest absolute Gasteiger partial charge is 0.341 e. The number of aromatic nitrogens is 2. The SMILES string of the molecule is CCOC(=O)c1cnc(NC(C)(C)C(C)(C)O)nc1C. The summed E-state index contributed by atoms with van der Waals surface area (Å²) in [6.45, 7) is 10.9. The molecule has 1 aromatic rings. The lowest BCUT2D eigenvalue weighted by Gasteiger charge is -2.38. The van der Waals surface area contributed by atoms with Gasteiger partial charge in [-0.1, -0.05) is 0 Å². The van der Waals surface area contributed by atoms with Gasteiger partial charge in [-0.05, 0) is 41.5 Å². The fourth-order valence-corrected chi connectivity index (χ4v) is 1.37. The number of rotatable bonds is 5. The minimum Gasteiger partial charge on any atom is -0.462 e. The van der Waals surface area contributed by atoms with E-state index in [1.165, 1.54) is 6.20 Å². The standard InChI is InChI=1S/C14H23N3O3/c1-7-20-11(18)10-8-15-12(16-9(10)2)17-13(3,4)14(5,6)19/h8,19H,7H2,1-6H3,(H,15,16,17). The molecular formula is C14H23N3O3. The number of hydrogen-bond acceptors (Lipinski definition) is 6. The third-order valence-electron chi connectivity index (χ3n) is 3.43. The summed E-state index contributed by atoms with van der Waals surface area (Å²) in [4.78, 5) is 20.0. The second-order valence-corrected chi connectivity index (χ2v) is 5.72. The van der Waals surface area contributed by atoms with Crippen molar-refractivity contribution in [3.63, 3.8) is 0 Å². The highest BCUT2D eigenvalue weighted by atomic mass is 16.5. The minimum atomic E-state index is -0.954. The van der Waals surface area contributed by atoms with E-state index in [2.05, 4.69) is 15.3 Å². The maximum atomic E-state index is 11.7. The van der Waals surface area contributed by atoms with Crippen LogP contribution in [0.25, 0.3) is 0 Å². The van der Waals surface area contributed by atoms with Crippen molar-refractivity contribution in [1.82, 2.24) is 9.97 Å². The fourth-order valence-electron chi connectivity index (χ4n) is 1.37. The molecule has 1 rings (SSSR count). The zero-order valence-electron chi connectivity index (χ0n) is 12.9. The van der Waals surface area contributed by atoms with E-state index in [0.717, 1.165) is 0 Å². The molecule has 1 aromatic heterocycles. The van der Waals surface area contributed by atoms with Gasteiger partial charge in [0.25, 0.3) is 0 Å². The van der Waals surface area contributed by atoms with Crippen LogP contribution in [0.15, 0.2) is 6.20 Å². The topological polar surface area (TPSA) is 84.3 Å². The largest absolute Gasteiger partial charge is 0.462 e. The first kappa shape index (κ1) is 16.4. The summed E-state index contributed by atoms with van der Waals surface area (Å²) >= 11 is 0. The first-order valence-electron chi connectivity index (χ1n) is 6.60. The number of esters is 1. The van der Waals surface area contributed by atoms with Gasteiger partial charge in [0.1, 0.15) is 0 Å². The van der Waals surface area contributed by atoms with Gasteiger partial charge >= 0.3 is 5.97 Å². The summed E-state index contributed by atoms with van der Waals surface area (Å²) in [6.07, 6.45) is 1.43. The van der Waals surface area contributed by atoms with Crippen LogP contribution in [0.4, 0.5) is 5.95 Å². The zero-order chi connectivity index (χ0) is 15.6. The van der Waals surface area contributed by atoms with E-state index in [-0.39, 0.29) is 0 Å². The third kappa shape index (κ3) is 3.66. The van der Waals surface area contributed by atoms with Crippen LogP contribution in [0.3, 0.4) is 0 Å². The Bertz CT molecular complexity index is 493. The van der Waals surface area contributed by atoms with Crippen LogP contribution in [0.1, 0.15) is 50.7 Å². The molecule has 0 saturated carbocycles. The molecule has 0 radical (unpaired) electrons. The second kappa shape index (κ2) is 5.75. The molecule has 0 aliphatic carbocycles. The van der Waals surface area contributed by atoms with Crippen LogP contribution < -0.4 is 5.32 Å². The second-order valence-electron chi connectivity index (χ2n) is 5.72. The number of anilines is 1. The molecule has 0 amide bonds. The van der Waals surface area contributed by atoms with Crippen LogP contribution in [0.2, 0.25) is 0 Å². The Balaban J connectivity index is 2.96. The van der Waals surface area contributed by atoms with Gasteiger partial charge in [0.15, 0.2) is 0 Å². The van der Waals surface area contributed by atoms with E-state index >= 15 is 0 Å². The number of carbonyl (C=O) groups is 1. The van der Waals surface area contributed by atoms with Gasteiger partial charge in [-0.3, -0.25) is 0 Å². The molecule has 0 atom stereocenters. The number of aliphatic hydroxyl groups is 1. The van der Waals surface area contributed by atoms with E-state index in [4.69, 9.17) is 4.74 Å². The Morgan fingerprint density at radius 3 is 2.45 bits per heavy atom. The predicted molar refractivity (Wildman–Crippen MR) is 76.7 cm³/mol. The average Bonchev–Trinajstić information content (AvgIpc) is 2.27. The van der Waals surface area contributed by atoms with Gasteiger partial charge in [-0.15, -0.1) is 0 Å². The Morgan fingerprint density at radius 2 is 2.00 bits per heavy atom. The number of ether oxygens (including phenoxy) is 1. The molecule has 0 aliphatic rings. The number of nitrogens with one attached hydrogen (secondary N) is 1. The van der Waals surface area contributed by atoms with Gasteiger partial charge < -0.3 is 15.2 Å². The molecule has 112 valence electrons. The fraction of sp³-hybridized carbons (Fsp3) is 0.643. The lowest BCUT2D eigenvalue weighted by molar-refractivity contribution is 0.0236. The first-order chi connectivity index (χ1) is 9.08. The Morgan fingerprint density at radius 1 is 1.40 bits per heavy atom. The lowest BCUT2D eigenvalue weighted by Crippen LogP contribution is -2.51. The molecule has 6 heteroatoms. The van der Waals surface area contributed by atoms with E-state index in [1.807, 2.05) is 13.8 Å². The van der Waals surface area contributed by atoms with Crippen molar-refractivity contribution >= 4 is 11.9 Å². The van der Waals surface area contributed by atoms with Gasteiger partial charge in [0.2, 0.25) is 5.95 Å². The Kier molecular flexibility index (Phi) is 4.70. The third-order valence-corrected chi connectivity index (χ3v) is 3.43. The highest BCUT2D eigenvalue weighted by Gasteiger charge is 2.35. The van der Waals surface area contributed by atoms with Crippen molar-refractivity contribution in [3.05, 3.63) is 17.5 Å². The van der Waals surface area contributed by atoms with Crippen molar-refractivity contribution < 1.29 is 14.6 Å². The highest BCUT2D eigenvalue weighted by Crippen LogP contribution is 2.24. The summed E-state index contributed by atoms with van der Waals surface area (Å²) < 4.78 is 4.92. The molecule has 0 aromatic carbocycles. The summed E-state index contributed by atoms with van der Waals surface area (Å²) in [6, 6.07) is 0. The maximum Gasteiger partial charge on any atom is 0.341 e. The zero-order valence-corrected chi connectivity index (χ0v) is 12.9. The molecule has 2 N–H and O–H groups in total. The monoisotopic (exact) mass is 281 g/mol. The Labute approximate surface area is 119 Å². The molecule has 6 nitrogen and oxygen atoms in total. The molecule has 0 bridgehead atoms. The van der Waals surface area contributed by atoms with Gasteiger partial charge in [0.05, 0.1) is 29.0 Å². The van der Waals surface area contributed by atoms with Gasteiger partial charge in [-0.25, -0.2) is 14.8 Å².